The maximum absolute atomic E-state index is 10.1. The summed E-state index contributed by atoms with van der Waals surface area (Å²) in [6.45, 7) is 0.0173. The molecule has 0 aliphatic rings. The fourth-order valence-electron chi connectivity index (χ4n) is 0.867. The lowest BCUT2D eigenvalue weighted by atomic mass is 10.1. The molecule has 0 bridgehead atoms. The van der Waals surface area contributed by atoms with Gasteiger partial charge in [0.2, 0.25) is 0 Å². The van der Waals surface area contributed by atoms with E-state index in [1.807, 2.05) is 0 Å². The van der Waals surface area contributed by atoms with E-state index in [1.54, 1.807) is 0 Å². The minimum Gasteiger partial charge on any atom is -0.388 e. The fourth-order valence-corrected chi connectivity index (χ4v) is 0.867. The summed E-state index contributed by atoms with van der Waals surface area (Å²) in [5.74, 6) is 0. The molecule has 0 saturated heterocycles. The molecule has 0 aromatic heterocycles. The number of ether oxygens (including phenoxy) is 2. The monoisotopic (exact) mass is 178 g/mol. The number of hydrogen-bond acceptors (Lipinski definition) is 5. The Balaban J connectivity index is 4.02. The molecule has 0 aromatic rings. The molecular formula is C7H14O5. The Morgan fingerprint density at radius 2 is 2.00 bits per heavy atom. The molecular weight excluding hydrogens is 164 g/mol. The van der Waals surface area contributed by atoms with Crippen LogP contribution in [0.2, 0.25) is 0 Å². The van der Waals surface area contributed by atoms with Gasteiger partial charge in [0.1, 0.15) is 18.3 Å². The Morgan fingerprint density at radius 1 is 1.42 bits per heavy atom. The first-order valence-electron chi connectivity index (χ1n) is 3.50. The highest BCUT2D eigenvalue weighted by molar-refractivity contribution is 5.56. The minimum absolute atomic E-state index is 0.0173. The molecule has 0 saturated carbocycles. The molecule has 0 aromatic carbocycles. The van der Waals surface area contributed by atoms with Crippen molar-refractivity contribution in [2.24, 2.45) is 0 Å². The number of aldehydes is 1. The molecule has 5 heteroatoms. The first-order chi connectivity index (χ1) is 5.67. The van der Waals surface area contributed by atoms with Crippen molar-refractivity contribution in [2.75, 3.05) is 20.8 Å². The van der Waals surface area contributed by atoms with E-state index in [0.717, 1.165) is 0 Å². The van der Waals surface area contributed by atoms with Gasteiger partial charge in [-0.2, -0.15) is 0 Å². The van der Waals surface area contributed by atoms with Crippen LogP contribution in [0.3, 0.4) is 0 Å². The summed E-state index contributed by atoms with van der Waals surface area (Å²) in [6.07, 6.45) is -2.93. The van der Waals surface area contributed by atoms with Crippen LogP contribution in [0, 0.1) is 0 Å². The van der Waals surface area contributed by atoms with E-state index in [0.29, 0.717) is 6.29 Å². The second-order valence-corrected chi connectivity index (χ2v) is 2.35. The topological polar surface area (TPSA) is 76.0 Å². The summed E-state index contributed by atoms with van der Waals surface area (Å²) < 4.78 is 9.33. The summed E-state index contributed by atoms with van der Waals surface area (Å²) >= 11 is 0. The molecule has 0 spiro atoms. The highest BCUT2D eigenvalue weighted by Crippen LogP contribution is 2.03. The van der Waals surface area contributed by atoms with Crippen molar-refractivity contribution < 1.29 is 24.5 Å². The molecule has 0 amide bonds. The first-order valence-corrected chi connectivity index (χ1v) is 3.50. The number of aliphatic hydroxyl groups is 2. The zero-order chi connectivity index (χ0) is 9.56. The molecule has 0 heterocycles. The lowest BCUT2D eigenvalue weighted by molar-refractivity contribution is -0.133. The second kappa shape index (κ2) is 6.07. The van der Waals surface area contributed by atoms with Crippen LogP contribution in [-0.4, -0.2) is 55.6 Å². The lowest BCUT2D eigenvalue weighted by Crippen LogP contribution is -2.42. The van der Waals surface area contributed by atoms with Crippen molar-refractivity contribution >= 4 is 6.29 Å². The molecule has 2 N–H and O–H groups in total. The normalized spacial score (nSPS) is 18.3. The maximum atomic E-state index is 10.1. The number of hydrogen-bond donors (Lipinski definition) is 2. The molecule has 0 rings (SSSR count). The average molecular weight is 178 g/mol. The average Bonchev–Trinajstić information content (AvgIpc) is 2.06. The van der Waals surface area contributed by atoms with Gasteiger partial charge in [0, 0.05) is 14.2 Å². The summed E-state index contributed by atoms with van der Waals surface area (Å²) in [5.41, 5.74) is 0. The zero-order valence-electron chi connectivity index (χ0n) is 7.14. The fraction of sp³-hybridized carbons (Fsp3) is 0.857. The third kappa shape index (κ3) is 3.27. The third-order valence-electron chi connectivity index (χ3n) is 1.46. The Kier molecular flexibility index (Phi) is 5.83. The summed E-state index contributed by atoms with van der Waals surface area (Å²) in [4.78, 5) is 10.1. The van der Waals surface area contributed by atoms with Crippen LogP contribution in [-0.2, 0) is 14.3 Å². The smallest absolute Gasteiger partial charge is 0.151 e. The van der Waals surface area contributed by atoms with E-state index >= 15 is 0 Å². The standard InChI is InChI=1S/C7H14O5/c1-11-4-6(10)7(12-2)5(9)3-8/h3,5-7,9-10H,4H2,1-2H3/t5-,6-,7+/m0/s1. The van der Waals surface area contributed by atoms with E-state index in [-0.39, 0.29) is 6.61 Å². The Bertz CT molecular complexity index is 127. The number of aliphatic hydroxyl groups excluding tert-OH is 2. The van der Waals surface area contributed by atoms with E-state index < -0.39 is 18.3 Å². The van der Waals surface area contributed by atoms with Crippen LogP contribution in [0.1, 0.15) is 0 Å². The van der Waals surface area contributed by atoms with Crippen LogP contribution >= 0.6 is 0 Å². The van der Waals surface area contributed by atoms with Gasteiger partial charge in [0.25, 0.3) is 0 Å². The van der Waals surface area contributed by atoms with Gasteiger partial charge < -0.3 is 24.5 Å². The van der Waals surface area contributed by atoms with Gasteiger partial charge in [-0.25, -0.2) is 0 Å². The summed E-state index contributed by atoms with van der Waals surface area (Å²) in [6, 6.07) is 0. The molecule has 0 aliphatic carbocycles. The Hall–Kier alpha value is -0.490. The highest BCUT2D eigenvalue weighted by Gasteiger charge is 2.26. The van der Waals surface area contributed by atoms with Gasteiger partial charge in [-0.3, -0.25) is 0 Å². The minimum atomic E-state index is -1.32. The largest absolute Gasteiger partial charge is 0.388 e. The second-order valence-electron chi connectivity index (χ2n) is 2.35. The first kappa shape index (κ1) is 11.5. The maximum Gasteiger partial charge on any atom is 0.151 e. The highest BCUT2D eigenvalue weighted by atomic mass is 16.5. The van der Waals surface area contributed by atoms with Gasteiger partial charge in [0.05, 0.1) is 6.61 Å². The van der Waals surface area contributed by atoms with Gasteiger partial charge >= 0.3 is 0 Å². The van der Waals surface area contributed by atoms with Crippen molar-refractivity contribution in [3.63, 3.8) is 0 Å². The van der Waals surface area contributed by atoms with Crippen LogP contribution in [0.15, 0.2) is 0 Å². The molecule has 0 unspecified atom stereocenters. The van der Waals surface area contributed by atoms with Crippen LogP contribution in [0.5, 0.6) is 0 Å². The molecule has 0 aliphatic heterocycles. The number of carbonyl (C=O) groups is 1. The predicted octanol–water partition coefficient (Wildman–Crippen LogP) is -1.43. The molecule has 0 radical (unpaired) electrons. The zero-order valence-corrected chi connectivity index (χ0v) is 7.14. The number of rotatable bonds is 6. The SMILES string of the molecule is COC[C@H](O)[C@H](OC)[C@@H](O)C=O. The van der Waals surface area contributed by atoms with Crippen molar-refractivity contribution in [2.45, 2.75) is 18.3 Å². The van der Waals surface area contributed by atoms with E-state index in [4.69, 9.17) is 9.84 Å². The lowest BCUT2D eigenvalue weighted by Gasteiger charge is -2.22. The predicted molar refractivity (Wildman–Crippen MR) is 40.8 cm³/mol. The molecule has 3 atom stereocenters. The number of methoxy groups -OCH3 is 2. The van der Waals surface area contributed by atoms with E-state index in [1.165, 1.54) is 14.2 Å². The van der Waals surface area contributed by atoms with Gasteiger partial charge in [0.15, 0.2) is 6.29 Å². The number of carbonyl (C=O) groups excluding carboxylic acids is 1. The molecule has 0 fully saturated rings. The van der Waals surface area contributed by atoms with Crippen molar-refractivity contribution in [1.82, 2.24) is 0 Å². The summed E-state index contributed by atoms with van der Waals surface area (Å²) in [5, 5.41) is 18.2. The Morgan fingerprint density at radius 3 is 2.33 bits per heavy atom. The van der Waals surface area contributed by atoms with Gasteiger partial charge in [-0.1, -0.05) is 0 Å². The van der Waals surface area contributed by atoms with Crippen LogP contribution in [0.25, 0.3) is 0 Å². The van der Waals surface area contributed by atoms with Crippen molar-refractivity contribution in [3.05, 3.63) is 0 Å². The quantitative estimate of drug-likeness (QED) is 0.488. The van der Waals surface area contributed by atoms with Crippen LogP contribution < -0.4 is 0 Å². The van der Waals surface area contributed by atoms with E-state index in [9.17, 15) is 9.90 Å². The van der Waals surface area contributed by atoms with Crippen molar-refractivity contribution in [1.29, 1.82) is 0 Å². The van der Waals surface area contributed by atoms with Gasteiger partial charge in [-0.15, -0.1) is 0 Å². The molecule has 5 nitrogen and oxygen atoms in total. The van der Waals surface area contributed by atoms with Crippen molar-refractivity contribution in [3.8, 4) is 0 Å². The third-order valence-corrected chi connectivity index (χ3v) is 1.46. The Labute approximate surface area is 70.9 Å². The van der Waals surface area contributed by atoms with E-state index in [2.05, 4.69) is 4.74 Å². The molecule has 12 heavy (non-hydrogen) atoms. The molecule has 72 valence electrons. The van der Waals surface area contributed by atoms with Gasteiger partial charge in [-0.05, 0) is 0 Å². The summed E-state index contributed by atoms with van der Waals surface area (Å²) in [7, 11) is 2.71. The van der Waals surface area contributed by atoms with Crippen LogP contribution in [0.4, 0.5) is 0 Å².